The Labute approximate surface area is 114 Å². The lowest BCUT2D eigenvalue weighted by Crippen LogP contribution is -2.07. The summed E-state index contributed by atoms with van der Waals surface area (Å²) in [4.78, 5) is 8.07. The van der Waals surface area contributed by atoms with E-state index in [1.807, 2.05) is 0 Å². The first-order chi connectivity index (χ1) is 9.49. The molecule has 1 aromatic heterocycles. The number of rotatable bonds is 4. The average Bonchev–Trinajstić information content (AvgIpc) is 2.45. The summed E-state index contributed by atoms with van der Waals surface area (Å²) in [6.45, 7) is 0.254. The van der Waals surface area contributed by atoms with Crippen molar-refractivity contribution in [1.29, 1.82) is 0 Å². The molecule has 0 amide bonds. The Kier molecular flexibility index (Phi) is 4.07. The van der Waals surface area contributed by atoms with Crippen LogP contribution in [0.5, 0.6) is 0 Å². The smallest absolute Gasteiger partial charge is 0.366 e. The summed E-state index contributed by atoms with van der Waals surface area (Å²) in [5.41, 5.74) is -0.125. The molecule has 0 saturated heterocycles. The molecule has 0 aliphatic carbocycles. The molecule has 4 nitrogen and oxygen atoms in total. The van der Waals surface area contributed by atoms with Crippen molar-refractivity contribution in [3.05, 3.63) is 47.7 Å². The third-order valence-electron chi connectivity index (χ3n) is 2.61. The molecule has 106 valence electrons. The Balaban J connectivity index is 2.07. The van der Waals surface area contributed by atoms with Crippen LogP contribution in [-0.4, -0.2) is 17.0 Å². The van der Waals surface area contributed by atoms with Crippen LogP contribution in [0.4, 0.5) is 24.9 Å². The van der Waals surface area contributed by atoms with Crippen molar-refractivity contribution in [2.24, 2.45) is 0 Å². The maximum atomic E-state index is 12.6. The molecule has 2 aromatic rings. The van der Waals surface area contributed by atoms with E-state index >= 15 is 0 Å². The molecule has 20 heavy (non-hydrogen) atoms. The molecule has 0 atom stereocenters. The van der Waals surface area contributed by atoms with E-state index in [2.05, 4.69) is 20.6 Å². The average molecular weight is 282 g/mol. The van der Waals surface area contributed by atoms with Gasteiger partial charge in [-0.2, -0.15) is 18.2 Å². The number of benzene rings is 1. The van der Waals surface area contributed by atoms with Crippen LogP contribution in [-0.2, 0) is 12.7 Å². The number of nitrogens with one attached hydrogen (secondary N) is 2. The summed E-state index contributed by atoms with van der Waals surface area (Å²) in [5, 5.41) is 5.74. The highest BCUT2D eigenvalue weighted by molar-refractivity contribution is 5.40. The lowest BCUT2D eigenvalue weighted by molar-refractivity contribution is -0.137. The van der Waals surface area contributed by atoms with Gasteiger partial charge in [0.25, 0.3) is 0 Å². The fraction of sp³-hybridized carbons (Fsp3) is 0.231. The van der Waals surface area contributed by atoms with E-state index < -0.39 is 11.7 Å². The van der Waals surface area contributed by atoms with Crippen LogP contribution < -0.4 is 10.6 Å². The maximum absolute atomic E-state index is 12.6. The number of hydrogen-bond acceptors (Lipinski definition) is 4. The lowest BCUT2D eigenvalue weighted by atomic mass is 10.1. The molecule has 0 radical (unpaired) electrons. The van der Waals surface area contributed by atoms with E-state index in [1.54, 1.807) is 25.4 Å². The van der Waals surface area contributed by atoms with E-state index in [9.17, 15) is 13.2 Å². The number of nitrogens with zero attached hydrogens (tertiary/aromatic N) is 2. The zero-order chi connectivity index (χ0) is 14.6. The van der Waals surface area contributed by atoms with Gasteiger partial charge in [0.2, 0.25) is 5.95 Å². The molecule has 0 unspecified atom stereocenters. The van der Waals surface area contributed by atoms with Crippen LogP contribution in [0.2, 0.25) is 0 Å². The normalized spacial score (nSPS) is 11.2. The van der Waals surface area contributed by atoms with Crippen molar-refractivity contribution in [2.45, 2.75) is 12.7 Å². The summed E-state index contributed by atoms with van der Waals surface area (Å²) in [5.74, 6) is 0.987. The molecule has 2 rings (SSSR count). The van der Waals surface area contributed by atoms with Gasteiger partial charge in [-0.3, -0.25) is 0 Å². The third-order valence-corrected chi connectivity index (χ3v) is 2.61. The standard InChI is InChI=1S/C13H13F3N4/c1-17-12-18-6-5-11(20-12)19-8-9-3-2-4-10(7-9)13(14,15)16/h2-7H,8H2,1H3,(H2,17,18,19,20). The van der Waals surface area contributed by atoms with Crippen molar-refractivity contribution in [2.75, 3.05) is 17.7 Å². The van der Waals surface area contributed by atoms with Gasteiger partial charge in [0, 0.05) is 19.8 Å². The second-order valence-corrected chi connectivity index (χ2v) is 4.07. The summed E-state index contributed by atoms with van der Waals surface area (Å²) < 4.78 is 37.7. The second kappa shape index (κ2) is 5.77. The van der Waals surface area contributed by atoms with Gasteiger partial charge in [-0.1, -0.05) is 12.1 Å². The number of halogens is 3. The minimum Gasteiger partial charge on any atom is -0.366 e. The molecule has 7 heteroatoms. The number of anilines is 2. The molecule has 0 fully saturated rings. The van der Waals surface area contributed by atoms with E-state index in [4.69, 9.17) is 0 Å². The van der Waals surface area contributed by atoms with Gasteiger partial charge >= 0.3 is 6.18 Å². The number of alkyl halides is 3. The van der Waals surface area contributed by atoms with Gasteiger partial charge < -0.3 is 10.6 Å². The summed E-state index contributed by atoms with van der Waals surface area (Å²) in [6.07, 6.45) is -2.77. The van der Waals surface area contributed by atoms with Crippen LogP contribution in [0.15, 0.2) is 36.5 Å². The number of hydrogen-bond donors (Lipinski definition) is 2. The zero-order valence-electron chi connectivity index (χ0n) is 10.7. The molecular weight excluding hydrogens is 269 g/mol. The highest BCUT2D eigenvalue weighted by Gasteiger charge is 2.30. The molecule has 0 aliphatic rings. The Morgan fingerprint density at radius 1 is 1.20 bits per heavy atom. The molecule has 1 aromatic carbocycles. The molecule has 2 N–H and O–H groups in total. The summed E-state index contributed by atoms with van der Waals surface area (Å²) >= 11 is 0. The van der Waals surface area contributed by atoms with Crippen molar-refractivity contribution >= 4 is 11.8 Å². The first kappa shape index (κ1) is 14.1. The van der Waals surface area contributed by atoms with Crippen LogP contribution >= 0.6 is 0 Å². The number of aromatic nitrogens is 2. The molecule has 0 saturated carbocycles. The van der Waals surface area contributed by atoms with Crippen molar-refractivity contribution in [1.82, 2.24) is 9.97 Å². The van der Waals surface area contributed by atoms with Crippen molar-refractivity contribution in [3.63, 3.8) is 0 Å². The monoisotopic (exact) mass is 282 g/mol. The van der Waals surface area contributed by atoms with Crippen LogP contribution in [0.25, 0.3) is 0 Å². The third kappa shape index (κ3) is 3.59. The quantitative estimate of drug-likeness (QED) is 0.904. The summed E-state index contributed by atoms with van der Waals surface area (Å²) in [7, 11) is 1.69. The Hall–Kier alpha value is -2.31. The lowest BCUT2D eigenvalue weighted by Gasteiger charge is -2.10. The first-order valence-electron chi connectivity index (χ1n) is 5.90. The van der Waals surface area contributed by atoms with Gasteiger partial charge in [0.15, 0.2) is 0 Å². The second-order valence-electron chi connectivity index (χ2n) is 4.07. The van der Waals surface area contributed by atoms with Crippen LogP contribution in [0.1, 0.15) is 11.1 Å². The van der Waals surface area contributed by atoms with Crippen LogP contribution in [0.3, 0.4) is 0 Å². The van der Waals surface area contributed by atoms with Gasteiger partial charge in [-0.25, -0.2) is 4.98 Å². The SMILES string of the molecule is CNc1nccc(NCc2cccc(C(F)(F)F)c2)n1. The highest BCUT2D eigenvalue weighted by atomic mass is 19.4. The first-order valence-corrected chi connectivity index (χ1v) is 5.90. The molecular formula is C13H13F3N4. The largest absolute Gasteiger partial charge is 0.416 e. The van der Waals surface area contributed by atoms with E-state index in [0.29, 0.717) is 17.3 Å². The fourth-order valence-electron chi connectivity index (χ4n) is 1.63. The topological polar surface area (TPSA) is 49.8 Å². The van der Waals surface area contributed by atoms with Gasteiger partial charge in [-0.15, -0.1) is 0 Å². The van der Waals surface area contributed by atoms with Gasteiger partial charge in [0.1, 0.15) is 5.82 Å². The predicted octanol–water partition coefficient (Wildman–Crippen LogP) is 3.15. The van der Waals surface area contributed by atoms with E-state index in [0.717, 1.165) is 12.1 Å². The van der Waals surface area contributed by atoms with Gasteiger partial charge in [-0.05, 0) is 23.8 Å². The summed E-state index contributed by atoms with van der Waals surface area (Å²) in [6, 6.07) is 6.83. The molecule has 0 spiro atoms. The van der Waals surface area contributed by atoms with Gasteiger partial charge in [0.05, 0.1) is 5.56 Å². The Morgan fingerprint density at radius 2 is 2.00 bits per heavy atom. The predicted molar refractivity (Wildman–Crippen MR) is 70.3 cm³/mol. The van der Waals surface area contributed by atoms with Crippen molar-refractivity contribution < 1.29 is 13.2 Å². The molecule has 0 aliphatic heterocycles. The van der Waals surface area contributed by atoms with Crippen molar-refractivity contribution in [3.8, 4) is 0 Å². The van der Waals surface area contributed by atoms with Crippen LogP contribution in [0, 0.1) is 0 Å². The molecule has 0 bridgehead atoms. The Bertz CT molecular complexity index is 584. The Morgan fingerprint density at radius 3 is 2.70 bits per heavy atom. The molecule has 1 heterocycles. The highest BCUT2D eigenvalue weighted by Crippen LogP contribution is 2.29. The zero-order valence-corrected chi connectivity index (χ0v) is 10.7. The van der Waals surface area contributed by atoms with E-state index in [1.165, 1.54) is 6.07 Å². The maximum Gasteiger partial charge on any atom is 0.416 e. The minimum absolute atomic E-state index is 0.254. The fourth-order valence-corrected chi connectivity index (χ4v) is 1.63. The minimum atomic E-state index is -4.33. The van der Waals surface area contributed by atoms with E-state index in [-0.39, 0.29) is 6.54 Å².